The monoisotopic (exact) mass is 708 g/mol. The molecule has 7 rings (SSSR count). The third-order valence-electron chi connectivity index (χ3n) is 7.44. The van der Waals surface area contributed by atoms with Gasteiger partial charge in [-0.3, -0.25) is 22.9 Å². The number of aromatic nitrogens is 7. The molecule has 0 amide bonds. The van der Waals surface area contributed by atoms with Gasteiger partial charge < -0.3 is 44.4 Å². The second kappa shape index (κ2) is 11.4. The normalized spacial score (nSPS) is 37.7. The van der Waals surface area contributed by atoms with Crippen LogP contribution in [-0.2, 0) is 43.9 Å². The average Bonchev–Trinajstić information content (AvgIpc) is 3.71. The lowest BCUT2D eigenvalue weighted by molar-refractivity contribution is -0.0594. The van der Waals surface area contributed by atoms with Gasteiger partial charge in [0.25, 0.3) is 5.56 Å². The van der Waals surface area contributed by atoms with Gasteiger partial charge in [0.1, 0.15) is 53.9 Å². The van der Waals surface area contributed by atoms with Crippen molar-refractivity contribution in [1.82, 2.24) is 34.1 Å². The first-order valence-electron chi connectivity index (χ1n) is 13.0. The zero-order valence-corrected chi connectivity index (χ0v) is 25.8. The van der Waals surface area contributed by atoms with E-state index in [1.165, 1.54) is 17.2 Å². The van der Waals surface area contributed by atoms with Gasteiger partial charge in [0.15, 0.2) is 35.4 Å². The van der Waals surface area contributed by atoms with Gasteiger partial charge in [-0.1, -0.05) is 12.2 Å². The average molecular weight is 709 g/mol. The lowest BCUT2D eigenvalue weighted by atomic mass is 10.1. The molecule has 0 spiro atoms. The minimum Gasteiger partial charge on any atom is -0.387 e. The number of hydrogen-bond donors (Lipinski definition) is 6. The van der Waals surface area contributed by atoms with Gasteiger partial charge in [0.05, 0.1) is 25.9 Å². The fourth-order valence-corrected chi connectivity index (χ4v) is 8.31. The number of imidazole rings is 1. The molecule has 3 aliphatic heterocycles. The summed E-state index contributed by atoms with van der Waals surface area (Å²) in [7, 11) is 0. The summed E-state index contributed by atoms with van der Waals surface area (Å²) in [6.45, 7) is -9.84. The molecule has 3 unspecified atom stereocenters. The first-order valence-corrected chi connectivity index (χ1v) is 18.3. The van der Waals surface area contributed by atoms with Crippen molar-refractivity contribution in [2.45, 2.75) is 49.1 Å². The number of hydrogen-bond acceptors (Lipinski definition) is 16. The lowest BCUT2D eigenvalue weighted by Crippen LogP contribution is -2.36. The van der Waals surface area contributed by atoms with E-state index >= 15 is 0 Å². The minimum absolute atomic E-state index is 0.0790. The van der Waals surface area contributed by atoms with E-state index in [2.05, 4.69) is 37.2 Å². The summed E-state index contributed by atoms with van der Waals surface area (Å²) in [6, 6.07) is 0. The number of anilines is 1. The number of ether oxygens (including phenoxy) is 2. The maximum Gasteiger partial charge on any atom is 0.386 e. The SMILES string of the molecule is Nc1ncnc2c1ncn2[C@@H]1OC2COP(O)(=S)O[C@@H]3[C@H](O)[C@@H](COP(=O)(S)O[C@H]2[C@H]1O)O[C@H]3n1cc(F)c2c(=O)[nH]cnc21. The highest BCUT2D eigenvalue weighted by atomic mass is 32.7. The molecule has 7 heterocycles. The highest BCUT2D eigenvalue weighted by Gasteiger charge is 2.53. The van der Waals surface area contributed by atoms with Gasteiger partial charge in [-0.05, 0) is 11.8 Å². The van der Waals surface area contributed by atoms with E-state index in [9.17, 15) is 28.9 Å². The van der Waals surface area contributed by atoms with E-state index in [-0.39, 0.29) is 22.6 Å². The molecular weight excluding hydrogens is 685 g/mol. The molecule has 3 fully saturated rings. The lowest BCUT2D eigenvalue weighted by Gasteiger charge is -2.27. The van der Waals surface area contributed by atoms with Crippen molar-refractivity contribution in [1.29, 1.82) is 0 Å². The van der Waals surface area contributed by atoms with Gasteiger partial charge in [-0.25, -0.2) is 28.9 Å². The predicted molar refractivity (Wildman–Crippen MR) is 155 cm³/mol. The van der Waals surface area contributed by atoms with E-state index < -0.39 is 92.6 Å². The van der Waals surface area contributed by atoms with Crippen LogP contribution in [0, 0.1) is 5.82 Å². The van der Waals surface area contributed by atoms with Crippen LogP contribution in [0.2, 0.25) is 0 Å². The van der Waals surface area contributed by atoms with Crippen molar-refractivity contribution in [2.75, 3.05) is 18.9 Å². The standard InChI is InChI=1S/C21H23FN8O11P2S2/c22-7-1-29(17-10(7)19(33)27-5-25-17)21-15-12(31)8(38-21)2-36-42(34,44)40-14-9(3-37-43(35,45)41-15)39-20(13(14)32)30-6-28-11-16(23)24-4-26-18(11)30/h1,4-6,8-9,12-15,20-21,31-32H,2-3H2,(H,34,44)(H,35,45)(H2,23,24,26)(H,25,27,33)/t8-,9?,12-,13-,14-,15-,20-,21-,42?,43?/m1/s1. The van der Waals surface area contributed by atoms with Crippen molar-refractivity contribution < 1.29 is 51.6 Å². The van der Waals surface area contributed by atoms with Crippen molar-refractivity contribution in [3.63, 3.8) is 0 Å². The Morgan fingerprint density at radius 3 is 2.58 bits per heavy atom. The van der Waals surface area contributed by atoms with Crippen LogP contribution in [0.5, 0.6) is 0 Å². The number of nitrogen functional groups attached to an aromatic ring is 1. The molecule has 3 saturated heterocycles. The van der Waals surface area contributed by atoms with Crippen molar-refractivity contribution in [3.8, 4) is 0 Å². The predicted octanol–water partition coefficient (Wildman–Crippen LogP) is -0.126. The van der Waals surface area contributed by atoms with Crippen LogP contribution in [0.25, 0.3) is 22.2 Å². The van der Waals surface area contributed by atoms with Gasteiger partial charge in [-0.2, -0.15) is 0 Å². The highest BCUT2D eigenvalue weighted by molar-refractivity contribution is 8.44. The summed E-state index contributed by atoms with van der Waals surface area (Å²) in [5, 5.41) is 22.0. The third-order valence-corrected chi connectivity index (χ3v) is 10.6. The number of rotatable bonds is 2. The molecular formula is C21H23FN8O11P2S2. The summed E-state index contributed by atoms with van der Waals surface area (Å²) < 4.78 is 64.7. The molecule has 24 heteroatoms. The molecule has 19 nitrogen and oxygen atoms in total. The zero-order valence-electron chi connectivity index (χ0n) is 22.3. The number of aromatic amines is 1. The third kappa shape index (κ3) is 5.52. The second-order valence-electron chi connectivity index (χ2n) is 10.2. The molecule has 4 aromatic heterocycles. The maximum absolute atomic E-state index is 14.8. The number of halogens is 1. The van der Waals surface area contributed by atoms with Crippen LogP contribution in [0.4, 0.5) is 10.2 Å². The summed E-state index contributed by atoms with van der Waals surface area (Å²) in [4.78, 5) is 41.7. The number of nitrogens with two attached hydrogens (primary N) is 1. The van der Waals surface area contributed by atoms with E-state index in [1.54, 1.807) is 0 Å². The van der Waals surface area contributed by atoms with Crippen molar-refractivity contribution in [3.05, 3.63) is 41.3 Å². The van der Waals surface area contributed by atoms with Gasteiger partial charge in [0, 0.05) is 6.20 Å². The number of H-pyrrole nitrogens is 1. The Morgan fingerprint density at radius 1 is 1.02 bits per heavy atom. The Morgan fingerprint density at radius 2 is 1.78 bits per heavy atom. The molecule has 0 aliphatic carbocycles. The number of thiol groups is 1. The Kier molecular flexibility index (Phi) is 7.88. The van der Waals surface area contributed by atoms with Gasteiger partial charge in [-0.15, -0.1) is 0 Å². The Bertz CT molecular complexity index is 1950. The van der Waals surface area contributed by atoms with E-state index in [1.807, 2.05) is 0 Å². The minimum atomic E-state index is -4.35. The summed E-state index contributed by atoms with van der Waals surface area (Å²) in [5.41, 5.74) is 5.37. The maximum atomic E-state index is 14.8. The molecule has 2 bridgehead atoms. The fraction of sp³-hybridized carbons (Fsp3) is 0.476. The Balaban J connectivity index is 1.21. The number of nitrogens with zero attached hydrogens (tertiary/aromatic N) is 6. The zero-order chi connectivity index (χ0) is 31.8. The molecule has 0 radical (unpaired) electrons. The highest BCUT2D eigenvalue weighted by Crippen LogP contribution is 2.58. The van der Waals surface area contributed by atoms with Crippen LogP contribution in [0.15, 0.2) is 30.0 Å². The van der Waals surface area contributed by atoms with Crippen molar-refractivity contribution in [2.24, 2.45) is 0 Å². The molecule has 45 heavy (non-hydrogen) atoms. The smallest absolute Gasteiger partial charge is 0.386 e. The second-order valence-corrected chi connectivity index (χ2v) is 15.8. The van der Waals surface area contributed by atoms with E-state index in [4.69, 9.17) is 45.1 Å². The Labute approximate surface area is 260 Å². The van der Waals surface area contributed by atoms with Gasteiger partial charge in [0.2, 0.25) is 0 Å². The molecule has 4 aromatic rings. The topological polar surface area (TPSA) is 253 Å². The molecule has 6 N–H and O–H groups in total. The molecule has 10 atom stereocenters. The number of aliphatic hydroxyl groups is 2. The summed E-state index contributed by atoms with van der Waals surface area (Å²) >= 11 is 9.25. The van der Waals surface area contributed by atoms with E-state index in [0.717, 1.165) is 17.1 Å². The quantitative estimate of drug-likeness (QED) is 0.117. The largest absolute Gasteiger partial charge is 0.387 e. The van der Waals surface area contributed by atoms with Crippen molar-refractivity contribution >= 4 is 65.6 Å². The summed E-state index contributed by atoms with van der Waals surface area (Å²) in [6.07, 6.45) is -6.96. The fourth-order valence-electron chi connectivity index (χ4n) is 5.41. The van der Waals surface area contributed by atoms with Crippen LogP contribution < -0.4 is 11.3 Å². The van der Waals surface area contributed by atoms with Crippen LogP contribution in [0.3, 0.4) is 0 Å². The first-order chi connectivity index (χ1) is 21.3. The van der Waals surface area contributed by atoms with E-state index in [0.29, 0.717) is 0 Å². The number of nitrogens with one attached hydrogen (secondary N) is 1. The number of aliphatic hydroxyl groups excluding tert-OH is 2. The van der Waals surface area contributed by atoms with Crippen LogP contribution in [-0.4, -0.2) is 99.0 Å². The van der Waals surface area contributed by atoms with Crippen LogP contribution >= 0.6 is 25.8 Å². The molecule has 0 saturated carbocycles. The van der Waals surface area contributed by atoms with Crippen LogP contribution in [0.1, 0.15) is 12.5 Å². The molecule has 3 aliphatic rings. The van der Waals surface area contributed by atoms with Gasteiger partial charge >= 0.3 is 13.5 Å². The molecule has 242 valence electrons. The number of fused-ring (bicyclic) bond motifs is 5. The summed E-state index contributed by atoms with van der Waals surface area (Å²) in [5.74, 6) is -0.870. The first kappa shape index (κ1) is 31.2. The molecule has 0 aromatic carbocycles. The Hall–Kier alpha value is -2.43.